The highest BCUT2D eigenvalue weighted by atomic mass is 16.8. The van der Waals surface area contributed by atoms with Crippen molar-refractivity contribution in [1.82, 2.24) is 26.6 Å². The molecule has 44 atom stereocenters. The molecule has 0 aromatic rings. The van der Waals surface area contributed by atoms with Crippen LogP contribution in [0.4, 0.5) is 0 Å². The van der Waals surface area contributed by atoms with E-state index in [2.05, 4.69) is 26.6 Å². The topological polar surface area (TPSA) is 779 Å². The third-order valence-corrected chi connectivity index (χ3v) is 20.4. The van der Waals surface area contributed by atoms with E-state index in [9.17, 15) is 147 Å². The van der Waals surface area contributed by atoms with Gasteiger partial charge in [0.15, 0.2) is 50.3 Å². The molecule has 660 valence electrons. The highest BCUT2D eigenvalue weighted by Crippen LogP contribution is 2.40. The van der Waals surface area contributed by atoms with E-state index in [1.807, 2.05) is 0 Å². The van der Waals surface area contributed by atoms with Gasteiger partial charge in [0.1, 0.15) is 207 Å². The smallest absolute Gasteiger partial charge is 0.217 e. The van der Waals surface area contributed by atoms with E-state index < -0.39 is 359 Å². The lowest BCUT2D eigenvalue weighted by molar-refractivity contribution is -0.407. The molecule has 0 spiro atoms. The zero-order valence-corrected chi connectivity index (χ0v) is 62.1. The molecule has 114 heavy (non-hydrogen) atoms. The SMILES string of the molecule is CC(=O)N[C@@H]1[C@H](O[C@@H]2[C@@H](O[C@@H]3[C@H](O)[C@H](O[C@H]4[C@H](O)[C@@H](NC(C)=O)[C@H](O[C@@H]([C@H](O)[C@H](CO)NC(C)=O)[C@H](O)CO[C@H]5O[C@@H](C)[C@@H](O)[C@@H](O)[C@@H]5O)O[C@@H]4CO)O[C@H](CO[C@H]4O[C@H](CO)[C@@H](O)[C@H](O)[C@@H]4O[C@@H]4O[C@H](CO)[C@@H](O)[C@H](O)[C@H]4NC(C)=O)[C@H]3O[C@@H]3O[C@H](CO)[C@@H](O)[C@H](O)[C@H]3NC(C)=O)O[C@H](CO)[C@@H](O)[C@@H]2O)O[C@H](CO)[C@@H](O)[C@@H]1O. The number of aliphatic hydroxyl groups is 24. The number of carbonyl (C=O) groups excluding carboxylic acids is 5. The molecule has 0 aromatic carbocycles. The van der Waals surface area contributed by atoms with Crippen LogP contribution in [0, 0.1) is 0 Å². The predicted octanol–water partition coefficient (Wildman–Crippen LogP) is -19.2. The van der Waals surface area contributed by atoms with E-state index in [0.29, 0.717) is 0 Å². The van der Waals surface area contributed by atoms with Gasteiger partial charge in [-0.05, 0) is 6.92 Å². The molecule has 0 aliphatic carbocycles. The normalized spacial score (nSPS) is 45.3. The maximum absolute atomic E-state index is 13.3. The molecule has 8 aliphatic rings. The number of nitrogens with one attached hydrogen (secondary N) is 5. The Labute approximate surface area is 647 Å². The van der Waals surface area contributed by atoms with E-state index in [1.165, 1.54) is 6.92 Å². The van der Waals surface area contributed by atoms with Crippen LogP contribution in [0.25, 0.3) is 0 Å². The van der Waals surface area contributed by atoms with Gasteiger partial charge >= 0.3 is 0 Å². The molecular formula is C64H109N5O45. The molecule has 50 heteroatoms. The molecule has 8 rings (SSSR count). The summed E-state index contributed by atoms with van der Waals surface area (Å²) < 4.78 is 97.2. The van der Waals surface area contributed by atoms with E-state index >= 15 is 0 Å². The Morgan fingerprint density at radius 3 is 1.10 bits per heavy atom. The molecule has 0 unspecified atom stereocenters. The minimum Gasteiger partial charge on any atom is -0.394 e. The molecule has 0 aromatic heterocycles. The van der Waals surface area contributed by atoms with Crippen molar-refractivity contribution >= 4 is 29.5 Å². The zero-order chi connectivity index (χ0) is 84.5. The Morgan fingerprint density at radius 1 is 0.325 bits per heavy atom. The average Bonchev–Trinajstić information content (AvgIpc) is 0.759. The van der Waals surface area contributed by atoms with Gasteiger partial charge in [-0.2, -0.15) is 0 Å². The summed E-state index contributed by atoms with van der Waals surface area (Å²) in [6.07, 6.45) is -83.4. The van der Waals surface area contributed by atoms with E-state index in [0.717, 1.165) is 34.6 Å². The Morgan fingerprint density at radius 2 is 0.684 bits per heavy atom. The fraction of sp³-hybridized carbons (Fsp3) is 0.922. The summed E-state index contributed by atoms with van der Waals surface area (Å²) in [7, 11) is 0. The largest absolute Gasteiger partial charge is 0.394 e. The first-order valence-corrected chi connectivity index (χ1v) is 36.4. The fourth-order valence-electron chi connectivity index (χ4n) is 14.3. The molecule has 5 amide bonds. The van der Waals surface area contributed by atoms with Gasteiger partial charge in [0.25, 0.3) is 0 Å². The van der Waals surface area contributed by atoms with Crippen molar-refractivity contribution in [2.75, 3.05) is 59.5 Å². The van der Waals surface area contributed by atoms with E-state index in [4.69, 9.17) is 75.8 Å². The first-order chi connectivity index (χ1) is 53.8. The maximum atomic E-state index is 13.3. The second kappa shape index (κ2) is 42.3. The van der Waals surface area contributed by atoms with Gasteiger partial charge in [-0.25, -0.2) is 0 Å². The maximum Gasteiger partial charge on any atom is 0.217 e. The standard InChI is InChI=1S/C64H109N5O45/c1-16-35(83)46(94)49(97)61(101-16)99-14-23(82)51(36(84)22(7-70)65-17(2)77)109-60-34(69-21(6)81)45(93)52(29(13-76)107-60)110-62-50(98)54(112-64-56(48(96)41(89)28(12-75)106-64)114-59-33(68-20(5)80)44(92)39(87)26(10-73)104-59)53(111-57-31(66-18(3)78)42(90)37(85)24(8-71)102-57)30(108-62)15-100-63-55(47(95)40(88)27(11-74)105-63)113-58-32(67-19(4)79)43(91)38(86)25(9-72)103-58/h16,22-64,70-76,82-98H,7-15H2,1-6H3,(H,65,77)(H,66,78)(H,67,79)(H,68,80)(H,69,81)/t16-,22-,23+,24+,25+,26+,27+,28+,29+,30+,31+,32+,33-,34+,35+,36+,37+,38+,39+,40+,41+,42+,43+,44+,45+,46+,47-,48-,49-,50-,51+,52+,53+,54+,55-,56-,57-,58-,59-,60-,61-,62-,63-,64+/m0/s1. The van der Waals surface area contributed by atoms with Gasteiger partial charge in [-0.3, -0.25) is 24.0 Å². The van der Waals surface area contributed by atoms with Crippen LogP contribution in [0.3, 0.4) is 0 Å². The molecular weight excluding hydrogens is 1560 g/mol. The van der Waals surface area contributed by atoms with Gasteiger partial charge in [0.2, 0.25) is 29.5 Å². The van der Waals surface area contributed by atoms with Crippen LogP contribution in [0.15, 0.2) is 0 Å². The molecule has 8 fully saturated rings. The molecule has 0 bridgehead atoms. The molecule has 0 saturated carbocycles. The van der Waals surface area contributed by atoms with Crippen LogP contribution < -0.4 is 26.6 Å². The van der Waals surface area contributed by atoms with Crippen molar-refractivity contribution in [3.63, 3.8) is 0 Å². The number of hydrogen-bond donors (Lipinski definition) is 29. The Bertz CT molecular complexity index is 3030. The van der Waals surface area contributed by atoms with Gasteiger partial charge in [0, 0.05) is 34.6 Å². The van der Waals surface area contributed by atoms with Crippen molar-refractivity contribution < 1.29 is 222 Å². The number of rotatable bonds is 33. The lowest BCUT2D eigenvalue weighted by Gasteiger charge is -2.52. The van der Waals surface area contributed by atoms with Crippen LogP contribution in [-0.4, -0.2) is 481 Å². The van der Waals surface area contributed by atoms with Crippen LogP contribution in [-0.2, 0) is 99.8 Å². The monoisotopic (exact) mass is 1670 g/mol. The Balaban J connectivity index is 1.27. The first kappa shape index (κ1) is 95.2. The Kier molecular flexibility index (Phi) is 35.3. The summed E-state index contributed by atoms with van der Waals surface area (Å²) in [6, 6.07) is -9.52. The summed E-state index contributed by atoms with van der Waals surface area (Å²) in [5.41, 5.74) is 0. The second-order valence-electron chi connectivity index (χ2n) is 28.7. The fourth-order valence-corrected chi connectivity index (χ4v) is 14.3. The van der Waals surface area contributed by atoms with Gasteiger partial charge in [0.05, 0.1) is 71.6 Å². The average molecular weight is 1670 g/mol. The van der Waals surface area contributed by atoms with Gasteiger partial charge in [-0.1, -0.05) is 0 Å². The number of amides is 5. The first-order valence-electron chi connectivity index (χ1n) is 36.4. The van der Waals surface area contributed by atoms with E-state index in [-0.39, 0.29) is 0 Å². The lowest BCUT2D eigenvalue weighted by Crippen LogP contribution is -2.71. The predicted molar refractivity (Wildman–Crippen MR) is 356 cm³/mol. The van der Waals surface area contributed by atoms with Crippen molar-refractivity contribution in [3.05, 3.63) is 0 Å². The number of aliphatic hydroxyl groups excluding tert-OH is 24. The summed E-state index contributed by atoms with van der Waals surface area (Å²) in [5, 5.41) is 281. The molecule has 8 aliphatic heterocycles. The van der Waals surface area contributed by atoms with Crippen LogP contribution in [0.1, 0.15) is 41.5 Å². The third-order valence-electron chi connectivity index (χ3n) is 20.4. The highest BCUT2D eigenvalue weighted by molar-refractivity contribution is 5.75. The minimum atomic E-state index is -2.72. The Hall–Kier alpha value is -4.25. The summed E-state index contributed by atoms with van der Waals surface area (Å²) in [4.78, 5) is 64.0. The molecule has 8 heterocycles. The van der Waals surface area contributed by atoms with Crippen molar-refractivity contribution in [2.24, 2.45) is 0 Å². The third kappa shape index (κ3) is 22.1. The van der Waals surface area contributed by atoms with Gasteiger partial charge < -0.3 is 225 Å². The van der Waals surface area contributed by atoms with Crippen LogP contribution in [0.5, 0.6) is 0 Å². The number of carbonyl (C=O) groups is 5. The molecule has 29 N–H and O–H groups in total. The summed E-state index contributed by atoms with van der Waals surface area (Å²) in [6.45, 7) is -4.39. The molecule has 8 saturated heterocycles. The van der Waals surface area contributed by atoms with Crippen molar-refractivity contribution in [1.29, 1.82) is 0 Å². The van der Waals surface area contributed by atoms with Crippen molar-refractivity contribution in [2.45, 2.75) is 311 Å². The molecule has 0 radical (unpaired) electrons. The van der Waals surface area contributed by atoms with Crippen molar-refractivity contribution in [3.8, 4) is 0 Å². The zero-order valence-electron chi connectivity index (χ0n) is 62.1. The number of hydrogen-bond acceptors (Lipinski definition) is 45. The summed E-state index contributed by atoms with van der Waals surface area (Å²) in [5.74, 6) is -4.68. The highest BCUT2D eigenvalue weighted by Gasteiger charge is 2.61. The lowest BCUT2D eigenvalue weighted by atomic mass is 9.93. The van der Waals surface area contributed by atoms with Crippen LogP contribution >= 0.6 is 0 Å². The second-order valence-corrected chi connectivity index (χ2v) is 28.7. The van der Waals surface area contributed by atoms with Gasteiger partial charge in [-0.15, -0.1) is 0 Å². The minimum absolute atomic E-state index is 0.871. The van der Waals surface area contributed by atoms with Crippen LogP contribution in [0.2, 0.25) is 0 Å². The summed E-state index contributed by atoms with van der Waals surface area (Å²) >= 11 is 0. The van der Waals surface area contributed by atoms with E-state index in [1.54, 1.807) is 0 Å². The quantitative estimate of drug-likeness (QED) is 0.0290. The number of ether oxygens (including phenoxy) is 16. The molecule has 50 nitrogen and oxygen atoms in total.